The highest BCUT2D eigenvalue weighted by Crippen LogP contribution is 1.99. The number of rotatable bonds is 4. The molecular formula is C9H19N. The lowest BCUT2D eigenvalue weighted by Crippen LogP contribution is -2.20. The minimum absolute atomic E-state index is 0.0445. The van der Waals surface area contributed by atoms with Gasteiger partial charge < -0.3 is 5.32 Å². The molecule has 0 aliphatic rings. The lowest BCUT2D eigenvalue weighted by atomic mass is 10.1. The molecule has 0 bridgehead atoms. The molecule has 0 unspecified atom stereocenters. The van der Waals surface area contributed by atoms with E-state index in [4.69, 9.17) is 4.11 Å². The van der Waals surface area contributed by atoms with E-state index in [2.05, 4.69) is 11.4 Å². The summed E-state index contributed by atoms with van der Waals surface area (Å²) in [7, 11) is 0. The van der Waals surface area contributed by atoms with E-state index in [0.29, 0.717) is 0 Å². The van der Waals surface area contributed by atoms with E-state index in [1.165, 1.54) is 5.57 Å². The smallest absolute Gasteiger partial charge is 0.0391 e. The van der Waals surface area contributed by atoms with E-state index in [0.717, 1.165) is 12.8 Å². The maximum Gasteiger partial charge on any atom is 0.0391 e. The summed E-state index contributed by atoms with van der Waals surface area (Å²) in [5.74, 6) is 0. The monoisotopic (exact) mass is 145 g/mol. The van der Waals surface area contributed by atoms with Gasteiger partial charge in [0, 0.05) is 10.2 Å². The van der Waals surface area contributed by atoms with Crippen LogP contribution in [0.25, 0.3) is 0 Å². The molecule has 0 amide bonds. The summed E-state index contributed by atoms with van der Waals surface area (Å²) in [4.78, 5) is 0. The second-order valence-electron chi connectivity index (χ2n) is 2.90. The van der Waals surface area contributed by atoms with Crippen molar-refractivity contribution in [1.29, 1.82) is 0 Å². The predicted octanol–water partition coefficient (Wildman–Crippen LogP) is 2.34. The summed E-state index contributed by atoms with van der Waals surface area (Å²) < 4.78 is 21.0. The Hall–Kier alpha value is -0.300. The molecule has 0 aromatic heterocycles. The second kappa shape index (κ2) is 5.48. The van der Waals surface area contributed by atoms with Gasteiger partial charge >= 0.3 is 0 Å². The Kier molecular flexibility index (Phi) is 2.94. The van der Waals surface area contributed by atoms with Gasteiger partial charge in [0.05, 0.1) is 0 Å². The number of hydrogen-bond donors (Lipinski definition) is 1. The molecule has 0 rings (SSSR count). The van der Waals surface area contributed by atoms with Gasteiger partial charge in [-0.25, -0.2) is 0 Å². The summed E-state index contributed by atoms with van der Waals surface area (Å²) in [5.41, 5.74) is 1.28. The van der Waals surface area contributed by atoms with Crippen LogP contribution in [0.3, 0.4) is 0 Å². The maximum atomic E-state index is 6.99. The first kappa shape index (κ1) is 5.36. The maximum absolute atomic E-state index is 6.99. The van der Waals surface area contributed by atoms with Crippen molar-refractivity contribution in [3.63, 3.8) is 0 Å². The van der Waals surface area contributed by atoms with Gasteiger partial charge in [0.1, 0.15) is 0 Å². The van der Waals surface area contributed by atoms with E-state index >= 15 is 0 Å². The minimum Gasteiger partial charge on any atom is -0.317 e. The highest BCUT2D eigenvalue weighted by atomic mass is 15.0. The Bertz CT molecular complexity index is 168. The molecular weight excluding hydrogens is 123 g/mol. The van der Waals surface area contributed by atoms with Gasteiger partial charge in [-0.05, 0) is 40.6 Å². The molecule has 0 fully saturated rings. The highest BCUT2D eigenvalue weighted by molar-refractivity contribution is 4.92. The van der Waals surface area contributed by atoms with Gasteiger partial charge in [-0.15, -0.1) is 0 Å². The summed E-state index contributed by atoms with van der Waals surface area (Å²) in [5, 5.41) is 2.56. The molecule has 0 aliphatic heterocycles. The first-order valence-corrected chi connectivity index (χ1v) is 3.72. The Morgan fingerprint density at radius 3 is 2.90 bits per heavy atom. The van der Waals surface area contributed by atoms with Gasteiger partial charge in [0.2, 0.25) is 0 Å². The molecule has 60 valence electrons. The topological polar surface area (TPSA) is 12.0 Å². The van der Waals surface area contributed by atoms with E-state index in [1.807, 2.05) is 20.8 Å². The fourth-order valence-corrected chi connectivity index (χ4v) is 0.694. The molecule has 0 heterocycles. The molecule has 0 aliphatic carbocycles. The van der Waals surface area contributed by atoms with Gasteiger partial charge in [0.15, 0.2) is 0 Å². The van der Waals surface area contributed by atoms with Crippen molar-refractivity contribution in [2.24, 2.45) is 0 Å². The average Bonchev–Trinajstić information content (AvgIpc) is 1.81. The van der Waals surface area contributed by atoms with Crippen LogP contribution in [0, 0.1) is 0 Å². The van der Waals surface area contributed by atoms with Crippen molar-refractivity contribution >= 4 is 0 Å². The van der Waals surface area contributed by atoms with Gasteiger partial charge in [-0.3, -0.25) is 0 Å². The van der Waals surface area contributed by atoms with Crippen LogP contribution in [0.5, 0.6) is 0 Å². The molecule has 1 heteroatoms. The number of allylic oxidation sites excluding steroid dienone is 2. The Balaban J connectivity index is 3.64. The molecule has 0 spiro atoms. The van der Waals surface area contributed by atoms with Crippen molar-refractivity contribution in [1.82, 2.24) is 5.32 Å². The minimum atomic E-state index is -2.01. The van der Waals surface area contributed by atoms with Crippen molar-refractivity contribution in [3.05, 3.63) is 11.6 Å². The van der Waals surface area contributed by atoms with Gasteiger partial charge in [0.25, 0.3) is 0 Å². The van der Waals surface area contributed by atoms with Crippen LogP contribution in [0.2, 0.25) is 0 Å². The standard InChI is InChI=1S/C9H19N/c1-8(2)6-5-7-9(3)10-4/h6,9-10H,5,7H2,1-4H3/t9-/m1/s1/i4+1D3. The molecule has 0 radical (unpaired) electrons. The Morgan fingerprint density at radius 1 is 1.70 bits per heavy atom. The lowest BCUT2D eigenvalue weighted by molar-refractivity contribution is 0.570. The Morgan fingerprint density at radius 2 is 2.40 bits per heavy atom. The van der Waals surface area contributed by atoms with Crippen molar-refractivity contribution in [3.8, 4) is 0 Å². The third-order valence-corrected chi connectivity index (χ3v) is 1.40. The first-order valence-electron chi connectivity index (χ1n) is 5.22. The highest BCUT2D eigenvalue weighted by Gasteiger charge is 1.93. The second-order valence-corrected chi connectivity index (χ2v) is 2.90. The largest absolute Gasteiger partial charge is 0.317 e. The zero-order valence-electron chi connectivity index (χ0n) is 10.1. The fourth-order valence-electron chi connectivity index (χ4n) is 0.694. The molecule has 0 aromatic carbocycles. The first-order chi connectivity index (χ1) is 5.81. The van der Waals surface area contributed by atoms with E-state index in [-0.39, 0.29) is 6.04 Å². The van der Waals surface area contributed by atoms with Crippen LogP contribution >= 0.6 is 0 Å². The summed E-state index contributed by atoms with van der Waals surface area (Å²) in [6.07, 6.45) is 3.92. The van der Waals surface area contributed by atoms with Crippen molar-refractivity contribution in [2.45, 2.75) is 39.7 Å². The third kappa shape index (κ3) is 5.83. The van der Waals surface area contributed by atoms with Gasteiger partial charge in [-0.2, -0.15) is 0 Å². The zero-order chi connectivity index (χ0) is 10.5. The van der Waals surface area contributed by atoms with Crippen LogP contribution in [0.4, 0.5) is 0 Å². The van der Waals surface area contributed by atoms with Crippen molar-refractivity contribution < 1.29 is 4.11 Å². The molecule has 0 saturated heterocycles. The number of nitrogens with one attached hydrogen (secondary N) is 1. The Labute approximate surface area is 68.7 Å². The summed E-state index contributed by atoms with van der Waals surface area (Å²) in [6.45, 7) is 3.97. The summed E-state index contributed by atoms with van der Waals surface area (Å²) in [6, 6.07) is 0.0445. The van der Waals surface area contributed by atoms with E-state index in [1.54, 1.807) is 0 Å². The fraction of sp³-hybridized carbons (Fsp3) is 0.778. The quantitative estimate of drug-likeness (QED) is 0.473. The SMILES string of the molecule is [2H][13C]([2H])([2H])N[C@H](C)CCC=C(C)C. The van der Waals surface area contributed by atoms with E-state index in [9.17, 15) is 0 Å². The van der Waals surface area contributed by atoms with Crippen LogP contribution in [0.1, 0.15) is 37.7 Å². The molecule has 1 N–H and O–H groups in total. The molecule has 1 atom stereocenters. The average molecular weight is 145 g/mol. The predicted molar refractivity (Wildman–Crippen MR) is 47.2 cm³/mol. The van der Waals surface area contributed by atoms with Crippen molar-refractivity contribution in [2.75, 3.05) is 6.98 Å². The molecule has 0 saturated carbocycles. The van der Waals surface area contributed by atoms with Crippen LogP contribution in [0.15, 0.2) is 11.6 Å². The molecule has 0 aromatic rings. The van der Waals surface area contributed by atoms with Crippen LogP contribution in [-0.4, -0.2) is 13.0 Å². The normalized spacial score (nSPS) is 18.5. The molecule has 10 heavy (non-hydrogen) atoms. The zero-order valence-corrected chi connectivity index (χ0v) is 7.07. The van der Waals surface area contributed by atoms with Crippen LogP contribution in [-0.2, 0) is 0 Å². The lowest BCUT2D eigenvalue weighted by Gasteiger charge is -2.06. The van der Waals surface area contributed by atoms with Crippen LogP contribution < -0.4 is 5.32 Å². The van der Waals surface area contributed by atoms with Gasteiger partial charge in [-0.1, -0.05) is 11.6 Å². The molecule has 1 nitrogen and oxygen atoms in total. The number of hydrogen-bond acceptors (Lipinski definition) is 1. The third-order valence-electron chi connectivity index (χ3n) is 1.40. The van der Waals surface area contributed by atoms with E-state index < -0.39 is 6.98 Å². The summed E-state index contributed by atoms with van der Waals surface area (Å²) >= 11 is 0.